The van der Waals surface area contributed by atoms with Gasteiger partial charge in [-0.3, -0.25) is 0 Å². The molecule has 0 spiro atoms. The first-order valence-corrected chi connectivity index (χ1v) is 7.47. The molecule has 1 aliphatic rings. The van der Waals surface area contributed by atoms with Gasteiger partial charge in [0.15, 0.2) is 9.84 Å². The number of sulfone groups is 1. The zero-order valence-electron chi connectivity index (χ0n) is 10.4. The van der Waals surface area contributed by atoms with Crippen LogP contribution in [-0.2, 0) is 9.84 Å². The van der Waals surface area contributed by atoms with E-state index in [0.717, 1.165) is 12.1 Å². The van der Waals surface area contributed by atoms with Gasteiger partial charge < -0.3 is 5.11 Å². The summed E-state index contributed by atoms with van der Waals surface area (Å²) in [5, 5.41) is 9.32. The van der Waals surface area contributed by atoms with Crippen LogP contribution in [0.2, 0.25) is 0 Å². The monoisotopic (exact) mass is 272 g/mol. The number of aliphatic hydroxyl groups excluding tert-OH is 1. The Kier molecular flexibility index (Phi) is 3.23. The van der Waals surface area contributed by atoms with Crippen LogP contribution in [-0.4, -0.2) is 24.9 Å². The fourth-order valence-corrected chi connectivity index (χ4v) is 4.45. The normalized spacial score (nSPS) is 27.3. The van der Waals surface area contributed by atoms with Gasteiger partial charge in [0.25, 0.3) is 0 Å². The second-order valence-electron chi connectivity index (χ2n) is 5.51. The summed E-state index contributed by atoms with van der Waals surface area (Å²) < 4.78 is 37.5. The second kappa shape index (κ2) is 4.31. The summed E-state index contributed by atoms with van der Waals surface area (Å²) in [5.74, 6) is -0.471. The Bertz CT molecular complexity index is 534. The number of halogens is 1. The maximum atomic E-state index is 12.8. The molecule has 2 unspecified atom stereocenters. The minimum Gasteiger partial charge on any atom is -0.391 e. The lowest BCUT2D eigenvalue weighted by Gasteiger charge is -2.25. The number of benzene rings is 1. The molecule has 1 aromatic carbocycles. The average molecular weight is 272 g/mol. The largest absolute Gasteiger partial charge is 0.391 e. The Morgan fingerprint density at radius 3 is 2.28 bits per heavy atom. The molecule has 5 heteroatoms. The molecule has 0 heterocycles. The first-order chi connectivity index (χ1) is 8.25. The van der Waals surface area contributed by atoms with E-state index in [1.807, 2.05) is 13.8 Å². The smallest absolute Gasteiger partial charge is 0.183 e. The third kappa shape index (κ3) is 2.17. The van der Waals surface area contributed by atoms with Crippen molar-refractivity contribution < 1.29 is 17.9 Å². The maximum absolute atomic E-state index is 12.8. The quantitative estimate of drug-likeness (QED) is 0.839. The first-order valence-electron chi connectivity index (χ1n) is 5.93. The molecule has 2 rings (SSSR count). The molecule has 18 heavy (non-hydrogen) atoms. The van der Waals surface area contributed by atoms with Gasteiger partial charge in [-0.2, -0.15) is 0 Å². The van der Waals surface area contributed by atoms with Crippen LogP contribution in [0.3, 0.4) is 0 Å². The van der Waals surface area contributed by atoms with Gasteiger partial charge in [-0.15, -0.1) is 0 Å². The lowest BCUT2D eigenvalue weighted by molar-refractivity contribution is 0.0816. The van der Waals surface area contributed by atoms with Crippen LogP contribution >= 0.6 is 0 Å². The summed E-state index contributed by atoms with van der Waals surface area (Å²) in [4.78, 5) is 0.0747. The Balaban J connectivity index is 2.36. The summed E-state index contributed by atoms with van der Waals surface area (Å²) >= 11 is 0. The molecule has 0 saturated heterocycles. The zero-order valence-corrected chi connectivity index (χ0v) is 11.2. The van der Waals surface area contributed by atoms with E-state index in [1.54, 1.807) is 0 Å². The highest BCUT2D eigenvalue weighted by Crippen LogP contribution is 2.42. The first kappa shape index (κ1) is 13.5. The third-order valence-corrected chi connectivity index (χ3v) is 5.99. The standard InChI is InChI=1S/C13H17FO3S/c1-13(2)8-7-11(12(13)15)18(16,17)10-5-3-9(14)4-6-10/h3-6,11-12,15H,7-8H2,1-2H3. The van der Waals surface area contributed by atoms with Crippen LogP contribution in [0.5, 0.6) is 0 Å². The molecule has 3 nitrogen and oxygen atoms in total. The zero-order chi connectivity index (χ0) is 13.6. The van der Waals surface area contributed by atoms with Crippen molar-refractivity contribution in [1.29, 1.82) is 0 Å². The van der Waals surface area contributed by atoms with Crippen molar-refractivity contribution in [2.45, 2.75) is 42.9 Å². The van der Waals surface area contributed by atoms with E-state index in [2.05, 4.69) is 0 Å². The van der Waals surface area contributed by atoms with Gasteiger partial charge in [0.05, 0.1) is 16.2 Å². The van der Waals surface area contributed by atoms with Crippen molar-refractivity contribution in [1.82, 2.24) is 0 Å². The highest BCUT2D eigenvalue weighted by atomic mass is 32.2. The van der Waals surface area contributed by atoms with Crippen LogP contribution in [0.4, 0.5) is 4.39 Å². The summed E-state index contributed by atoms with van der Waals surface area (Å²) in [6.07, 6.45) is 0.222. The van der Waals surface area contributed by atoms with Crippen LogP contribution in [0.15, 0.2) is 29.2 Å². The molecule has 1 fully saturated rings. The van der Waals surface area contributed by atoms with E-state index in [4.69, 9.17) is 0 Å². The Hall–Kier alpha value is -0.940. The summed E-state index contributed by atoms with van der Waals surface area (Å²) in [6, 6.07) is 4.75. The predicted molar refractivity (Wildman–Crippen MR) is 66.4 cm³/mol. The van der Waals surface area contributed by atoms with Gasteiger partial charge in [0.2, 0.25) is 0 Å². The third-order valence-electron chi connectivity index (χ3n) is 3.77. The summed E-state index contributed by atoms with van der Waals surface area (Å²) in [5.41, 5.74) is -0.391. The minimum atomic E-state index is -3.59. The van der Waals surface area contributed by atoms with E-state index in [9.17, 15) is 17.9 Å². The van der Waals surface area contributed by atoms with Gasteiger partial charge in [-0.05, 0) is 42.5 Å². The molecule has 2 atom stereocenters. The Morgan fingerprint density at radius 2 is 1.83 bits per heavy atom. The molecule has 1 saturated carbocycles. The summed E-state index contributed by atoms with van der Waals surface area (Å²) in [7, 11) is -3.59. The number of rotatable bonds is 2. The van der Waals surface area contributed by atoms with Crippen molar-refractivity contribution in [2.24, 2.45) is 5.41 Å². The van der Waals surface area contributed by atoms with Crippen LogP contribution in [0.1, 0.15) is 26.7 Å². The Labute approximate surface area is 107 Å². The lowest BCUT2D eigenvalue weighted by Crippen LogP contribution is -2.36. The Morgan fingerprint density at radius 1 is 1.28 bits per heavy atom. The van der Waals surface area contributed by atoms with Crippen molar-refractivity contribution in [3.63, 3.8) is 0 Å². The van der Waals surface area contributed by atoms with E-state index >= 15 is 0 Å². The maximum Gasteiger partial charge on any atom is 0.183 e. The van der Waals surface area contributed by atoms with Crippen LogP contribution in [0, 0.1) is 11.2 Å². The SMILES string of the molecule is CC1(C)CCC(S(=O)(=O)c2ccc(F)cc2)C1O. The highest BCUT2D eigenvalue weighted by molar-refractivity contribution is 7.92. The number of hydrogen-bond donors (Lipinski definition) is 1. The summed E-state index contributed by atoms with van der Waals surface area (Å²) in [6.45, 7) is 3.72. The highest BCUT2D eigenvalue weighted by Gasteiger charge is 2.47. The van der Waals surface area contributed by atoms with E-state index < -0.39 is 32.4 Å². The number of hydrogen-bond acceptors (Lipinski definition) is 3. The van der Waals surface area contributed by atoms with Crippen LogP contribution in [0.25, 0.3) is 0 Å². The van der Waals surface area contributed by atoms with Gasteiger partial charge in [0, 0.05) is 0 Å². The average Bonchev–Trinajstić information content (AvgIpc) is 2.55. The molecule has 100 valence electrons. The molecule has 1 aliphatic carbocycles. The molecule has 0 aliphatic heterocycles. The lowest BCUT2D eigenvalue weighted by atomic mass is 9.89. The molecule has 0 aromatic heterocycles. The number of aliphatic hydroxyl groups is 1. The minimum absolute atomic E-state index is 0.0747. The van der Waals surface area contributed by atoms with Gasteiger partial charge >= 0.3 is 0 Å². The van der Waals surface area contributed by atoms with Crippen molar-refractivity contribution in [2.75, 3.05) is 0 Å². The molecule has 0 amide bonds. The van der Waals surface area contributed by atoms with Gasteiger partial charge in [-0.1, -0.05) is 13.8 Å². The van der Waals surface area contributed by atoms with Crippen molar-refractivity contribution in [3.8, 4) is 0 Å². The van der Waals surface area contributed by atoms with Crippen molar-refractivity contribution in [3.05, 3.63) is 30.1 Å². The molecule has 1 N–H and O–H groups in total. The topological polar surface area (TPSA) is 54.4 Å². The molecular weight excluding hydrogens is 255 g/mol. The fourth-order valence-electron chi connectivity index (χ4n) is 2.45. The van der Waals surface area contributed by atoms with E-state index in [1.165, 1.54) is 12.1 Å². The predicted octanol–water partition coefficient (Wildman–Crippen LogP) is 2.15. The molecule has 0 radical (unpaired) electrons. The second-order valence-corrected chi connectivity index (χ2v) is 7.68. The van der Waals surface area contributed by atoms with E-state index in [-0.39, 0.29) is 4.90 Å². The van der Waals surface area contributed by atoms with Gasteiger partial charge in [0.1, 0.15) is 5.82 Å². The molecule has 1 aromatic rings. The fraction of sp³-hybridized carbons (Fsp3) is 0.538. The molecular formula is C13H17FO3S. The van der Waals surface area contributed by atoms with E-state index in [0.29, 0.717) is 12.8 Å². The van der Waals surface area contributed by atoms with Crippen LogP contribution < -0.4 is 0 Å². The van der Waals surface area contributed by atoms with Gasteiger partial charge in [-0.25, -0.2) is 12.8 Å². The van der Waals surface area contributed by atoms with Crippen molar-refractivity contribution >= 4 is 9.84 Å². The molecule has 0 bridgehead atoms.